The Morgan fingerprint density at radius 3 is 2.59 bits per heavy atom. The van der Waals surface area contributed by atoms with Crippen molar-refractivity contribution in [1.29, 1.82) is 0 Å². The Bertz CT molecular complexity index is 1120. The second kappa shape index (κ2) is 15.4. The predicted octanol–water partition coefficient (Wildman–Crippen LogP) is 2.58. The predicted molar refractivity (Wildman–Crippen MR) is 142 cm³/mol. The maximum absolute atomic E-state index is 12.9. The van der Waals surface area contributed by atoms with Gasteiger partial charge in [0.2, 0.25) is 0 Å². The third-order valence-corrected chi connectivity index (χ3v) is 6.33. The van der Waals surface area contributed by atoms with E-state index in [-0.39, 0.29) is 12.5 Å². The van der Waals surface area contributed by atoms with Gasteiger partial charge in [0.05, 0.1) is 69.4 Å². The van der Waals surface area contributed by atoms with Crippen molar-refractivity contribution in [2.75, 3.05) is 84.3 Å². The molecular weight excluding hydrogens is 500 g/mol. The maximum Gasteiger partial charge on any atom is 0.257 e. The average Bonchev–Trinajstić information content (AvgIpc) is 3.35. The Labute approximate surface area is 220 Å². The second-order valence-electron chi connectivity index (χ2n) is 7.83. The van der Waals surface area contributed by atoms with E-state index in [1.807, 2.05) is 12.1 Å². The van der Waals surface area contributed by atoms with Gasteiger partial charge >= 0.3 is 0 Å². The van der Waals surface area contributed by atoms with E-state index < -0.39 is 0 Å². The third-order valence-electron chi connectivity index (χ3n) is 5.33. The van der Waals surface area contributed by atoms with Crippen molar-refractivity contribution in [2.24, 2.45) is 0 Å². The van der Waals surface area contributed by atoms with E-state index in [1.165, 1.54) is 11.3 Å². The summed E-state index contributed by atoms with van der Waals surface area (Å²) in [6, 6.07) is 7.34. The molecule has 2 N–H and O–H groups in total. The highest BCUT2D eigenvalue weighted by molar-refractivity contribution is 7.23. The zero-order valence-electron chi connectivity index (χ0n) is 21.4. The van der Waals surface area contributed by atoms with E-state index >= 15 is 0 Å². The molecule has 1 aliphatic heterocycles. The third kappa shape index (κ3) is 8.32. The van der Waals surface area contributed by atoms with Gasteiger partial charge in [-0.2, -0.15) is 0 Å². The number of methoxy groups -OCH3 is 3. The van der Waals surface area contributed by atoms with Gasteiger partial charge in [-0.05, 0) is 24.3 Å². The molecule has 1 aliphatic rings. The topological polar surface area (TPSA) is 125 Å². The number of fused-ring (bicyclic) bond motifs is 1. The van der Waals surface area contributed by atoms with Gasteiger partial charge < -0.3 is 33.7 Å². The normalized spacial score (nSPS) is 13.2. The summed E-state index contributed by atoms with van der Waals surface area (Å²) in [6.45, 7) is 4.86. The molecule has 3 aromatic rings. The summed E-state index contributed by atoms with van der Waals surface area (Å²) in [4.78, 5) is 24.0. The number of hydrogen-bond donors (Lipinski definition) is 2. The number of carbonyl (C=O) groups is 1. The van der Waals surface area contributed by atoms with Crippen LogP contribution in [0, 0.1) is 0 Å². The molecule has 202 valence electrons. The van der Waals surface area contributed by atoms with Crippen molar-refractivity contribution >= 4 is 38.3 Å². The molecule has 37 heavy (non-hydrogen) atoms. The molecule has 0 saturated carbocycles. The first kappa shape index (κ1) is 28.7. The van der Waals surface area contributed by atoms with Crippen molar-refractivity contribution in [3.05, 3.63) is 41.7 Å². The molecule has 12 heteroatoms. The number of aromatic nitrogens is 2. The monoisotopic (exact) mass is 534 g/mol. The molecule has 11 nitrogen and oxygen atoms in total. The summed E-state index contributed by atoms with van der Waals surface area (Å²) in [5, 5.41) is 11.4. The van der Waals surface area contributed by atoms with Crippen LogP contribution in [-0.2, 0) is 25.6 Å². The fraction of sp³-hybridized carbons (Fsp3) is 0.480. The summed E-state index contributed by atoms with van der Waals surface area (Å²) >= 11 is 1.43. The number of aliphatic hydroxyl groups is 1. The summed E-state index contributed by atoms with van der Waals surface area (Å²) in [6.07, 6.45) is 1.60. The molecule has 0 aliphatic carbocycles. The number of nitrogens with zero attached hydrogens (tertiary/aromatic N) is 3. The first-order valence-electron chi connectivity index (χ1n) is 11.8. The van der Waals surface area contributed by atoms with E-state index in [0.717, 1.165) is 29.0 Å². The lowest BCUT2D eigenvalue weighted by molar-refractivity contribution is 0.0602. The number of aliphatic hydroxyl groups excluding tert-OH is 1. The van der Waals surface area contributed by atoms with E-state index in [9.17, 15) is 4.79 Å². The van der Waals surface area contributed by atoms with Crippen LogP contribution in [0.15, 0.2) is 30.5 Å². The molecule has 2 aromatic heterocycles. The van der Waals surface area contributed by atoms with Gasteiger partial charge in [0, 0.05) is 39.1 Å². The highest BCUT2D eigenvalue weighted by Crippen LogP contribution is 2.39. The quantitative estimate of drug-likeness (QED) is 0.355. The second-order valence-corrected chi connectivity index (χ2v) is 8.83. The molecule has 1 aromatic carbocycles. The van der Waals surface area contributed by atoms with Crippen LogP contribution in [0.2, 0.25) is 0 Å². The fourth-order valence-corrected chi connectivity index (χ4v) is 4.54. The summed E-state index contributed by atoms with van der Waals surface area (Å²) in [5.41, 5.74) is 2.97. The maximum atomic E-state index is 12.9. The molecule has 1 saturated heterocycles. The van der Waals surface area contributed by atoms with Crippen LogP contribution in [0.3, 0.4) is 0 Å². The summed E-state index contributed by atoms with van der Waals surface area (Å²) < 4.78 is 26.8. The molecule has 1 fully saturated rings. The van der Waals surface area contributed by atoms with Crippen molar-refractivity contribution in [3.63, 3.8) is 0 Å². The number of morpholine rings is 1. The molecule has 0 bridgehead atoms. The number of nitrogens with one attached hydrogen (secondary N) is 1. The zero-order valence-corrected chi connectivity index (χ0v) is 22.2. The van der Waals surface area contributed by atoms with Crippen LogP contribution in [0.4, 0.5) is 10.8 Å². The SMILES string of the molecule is COCCO.COCCOCc1cc(C(=O)Nc2nc3c(OC)ccc(N4CCOCC4)c3s2)ccn1. The van der Waals surface area contributed by atoms with E-state index in [2.05, 4.69) is 24.9 Å². The summed E-state index contributed by atoms with van der Waals surface area (Å²) in [7, 11) is 4.79. The van der Waals surface area contributed by atoms with Crippen molar-refractivity contribution in [3.8, 4) is 5.75 Å². The van der Waals surface area contributed by atoms with Crippen LogP contribution in [-0.4, -0.2) is 95.0 Å². The number of anilines is 2. The van der Waals surface area contributed by atoms with Crippen LogP contribution >= 0.6 is 11.3 Å². The van der Waals surface area contributed by atoms with Crippen molar-refractivity contribution < 1.29 is 33.6 Å². The van der Waals surface area contributed by atoms with E-state index in [1.54, 1.807) is 39.7 Å². The number of pyridine rings is 1. The lowest BCUT2D eigenvalue weighted by atomic mass is 10.2. The molecule has 1 amide bonds. The first-order valence-corrected chi connectivity index (χ1v) is 12.7. The van der Waals surface area contributed by atoms with Crippen molar-refractivity contribution in [2.45, 2.75) is 6.61 Å². The Hall–Kier alpha value is -2.87. The van der Waals surface area contributed by atoms with Gasteiger partial charge in [0.25, 0.3) is 5.91 Å². The number of rotatable bonds is 11. The first-order chi connectivity index (χ1) is 18.1. The number of thiazole rings is 1. The summed E-state index contributed by atoms with van der Waals surface area (Å²) in [5.74, 6) is 0.421. The van der Waals surface area contributed by atoms with Gasteiger partial charge in [0.1, 0.15) is 11.3 Å². The Kier molecular flexibility index (Phi) is 11.9. The molecular formula is C25H34N4O7S. The Morgan fingerprint density at radius 1 is 1.14 bits per heavy atom. The number of ether oxygens (including phenoxy) is 5. The molecule has 3 heterocycles. The average molecular weight is 535 g/mol. The highest BCUT2D eigenvalue weighted by atomic mass is 32.1. The molecule has 0 unspecified atom stereocenters. The van der Waals surface area contributed by atoms with Crippen LogP contribution < -0.4 is 15.0 Å². The minimum Gasteiger partial charge on any atom is -0.494 e. The minimum atomic E-state index is -0.253. The van der Waals surface area contributed by atoms with Gasteiger partial charge in [-0.15, -0.1) is 0 Å². The van der Waals surface area contributed by atoms with Crippen LogP contribution in [0.1, 0.15) is 16.1 Å². The molecule has 0 radical (unpaired) electrons. The van der Waals surface area contributed by atoms with Gasteiger partial charge in [-0.25, -0.2) is 4.98 Å². The number of amides is 1. The number of carbonyl (C=O) groups excluding carboxylic acids is 1. The molecule has 0 atom stereocenters. The number of benzene rings is 1. The highest BCUT2D eigenvalue weighted by Gasteiger charge is 2.20. The number of hydrogen-bond acceptors (Lipinski definition) is 11. The molecule has 4 rings (SSSR count). The zero-order chi connectivity index (χ0) is 26.5. The lowest BCUT2D eigenvalue weighted by Gasteiger charge is -2.29. The molecule has 0 spiro atoms. The van der Waals surface area contributed by atoms with Crippen molar-refractivity contribution in [1.82, 2.24) is 9.97 Å². The lowest BCUT2D eigenvalue weighted by Crippen LogP contribution is -2.36. The van der Waals surface area contributed by atoms with E-state index in [4.69, 9.17) is 24.1 Å². The Morgan fingerprint density at radius 2 is 1.92 bits per heavy atom. The standard InChI is InChI=1S/C22H26N4O5S.C3H8O2/c1-28-11-12-31-14-16-13-15(5-6-23-16)21(27)25-22-24-19-18(29-2)4-3-17(20(19)32-22)26-7-9-30-10-8-26;1-5-3-2-4/h3-6,13H,7-12,14H2,1-2H3,(H,24,25,27);4H,2-3H2,1H3. The van der Waals surface area contributed by atoms with Gasteiger partial charge in [-0.3, -0.25) is 15.1 Å². The van der Waals surface area contributed by atoms with Crippen LogP contribution in [0.5, 0.6) is 5.75 Å². The largest absolute Gasteiger partial charge is 0.494 e. The minimum absolute atomic E-state index is 0.122. The fourth-order valence-electron chi connectivity index (χ4n) is 3.52. The smallest absolute Gasteiger partial charge is 0.257 e. The van der Waals surface area contributed by atoms with Gasteiger partial charge in [0.15, 0.2) is 5.13 Å². The van der Waals surface area contributed by atoms with E-state index in [0.29, 0.717) is 61.8 Å². The van der Waals surface area contributed by atoms with Crippen LogP contribution in [0.25, 0.3) is 10.2 Å². The Balaban J connectivity index is 0.000000695. The van der Waals surface area contributed by atoms with Gasteiger partial charge in [-0.1, -0.05) is 11.3 Å².